The minimum Gasteiger partial charge on any atom is -0.332 e. The van der Waals surface area contributed by atoms with Crippen LogP contribution in [-0.2, 0) is 6.54 Å². The van der Waals surface area contributed by atoms with Gasteiger partial charge in [0.2, 0.25) is 0 Å². The summed E-state index contributed by atoms with van der Waals surface area (Å²) in [6.45, 7) is 4.12. The number of urea groups is 1. The number of hydrogen-bond acceptors (Lipinski definition) is 4. The van der Waals surface area contributed by atoms with Crippen LogP contribution < -0.4 is 10.6 Å². The van der Waals surface area contributed by atoms with E-state index in [0.29, 0.717) is 12.4 Å². The Balaban J connectivity index is 1.54. The number of carbonyl (C=O) groups is 1. The summed E-state index contributed by atoms with van der Waals surface area (Å²) in [7, 11) is 0. The number of rotatable bonds is 5. The zero-order valence-corrected chi connectivity index (χ0v) is 14.2. The number of benzene rings is 1. The van der Waals surface area contributed by atoms with Gasteiger partial charge in [0.05, 0.1) is 24.0 Å². The van der Waals surface area contributed by atoms with Crippen LogP contribution in [-0.4, -0.2) is 25.8 Å². The van der Waals surface area contributed by atoms with Gasteiger partial charge in [0, 0.05) is 18.6 Å². The summed E-state index contributed by atoms with van der Waals surface area (Å²) >= 11 is 0. The van der Waals surface area contributed by atoms with E-state index in [1.54, 1.807) is 23.1 Å². The molecule has 0 saturated carbocycles. The zero-order chi connectivity index (χ0) is 17.6. The van der Waals surface area contributed by atoms with Gasteiger partial charge in [0.1, 0.15) is 5.82 Å². The summed E-state index contributed by atoms with van der Waals surface area (Å²) in [5.74, 6) is 0.686. The second-order valence-corrected chi connectivity index (χ2v) is 5.69. The van der Waals surface area contributed by atoms with E-state index in [2.05, 4.69) is 25.7 Å². The first-order valence-electron chi connectivity index (χ1n) is 8.04. The van der Waals surface area contributed by atoms with Gasteiger partial charge in [0.25, 0.3) is 0 Å². The highest BCUT2D eigenvalue weighted by Crippen LogP contribution is 2.15. The van der Waals surface area contributed by atoms with Crippen molar-refractivity contribution >= 4 is 6.03 Å². The molecule has 3 rings (SSSR count). The number of aromatic nitrogens is 4. The molecule has 3 aromatic rings. The van der Waals surface area contributed by atoms with E-state index in [9.17, 15) is 4.79 Å². The first kappa shape index (κ1) is 16.6. The third kappa shape index (κ3) is 4.41. The molecule has 0 spiro atoms. The van der Waals surface area contributed by atoms with Crippen LogP contribution in [0.15, 0.2) is 55.0 Å². The molecular weight excluding hydrogens is 316 g/mol. The number of aryl methyl sites for hydroxylation is 1. The lowest BCUT2D eigenvalue weighted by molar-refractivity contribution is 0.237. The second kappa shape index (κ2) is 7.57. The molecule has 1 aromatic carbocycles. The highest BCUT2D eigenvalue weighted by molar-refractivity contribution is 5.74. The Kier molecular flexibility index (Phi) is 5.03. The van der Waals surface area contributed by atoms with Crippen molar-refractivity contribution in [3.8, 4) is 5.69 Å². The predicted octanol–water partition coefficient (Wildman–Crippen LogP) is 2.53. The topological polar surface area (TPSA) is 84.7 Å². The molecule has 2 amide bonds. The van der Waals surface area contributed by atoms with Crippen LogP contribution in [0.25, 0.3) is 5.69 Å². The van der Waals surface area contributed by atoms with E-state index in [1.165, 1.54) is 0 Å². The zero-order valence-electron chi connectivity index (χ0n) is 14.2. The first-order valence-corrected chi connectivity index (χ1v) is 8.04. The lowest BCUT2D eigenvalue weighted by Crippen LogP contribution is -2.36. The fourth-order valence-electron chi connectivity index (χ4n) is 2.44. The van der Waals surface area contributed by atoms with Gasteiger partial charge < -0.3 is 10.6 Å². The monoisotopic (exact) mass is 336 g/mol. The van der Waals surface area contributed by atoms with E-state index in [1.807, 2.05) is 50.4 Å². The Labute approximate surface area is 146 Å². The molecule has 128 valence electrons. The van der Waals surface area contributed by atoms with Crippen LogP contribution in [0.1, 0.15) is 30.0 Å². The Bertz CT molecular complexity index is 829. The van der Waals surface area contributed by atoms with Gasteiger partial charge in [-0.1, -0.05) is 12.1 Å². The molecule has 7 nitrogen and oxygen atoms in total. The lowest BCUT2D eigenvalue weighted by Gasteiger charge is -2.15. The number of amides is 2. The first-order chi connectivity index (χ1) is 12.1. The molecule has 2 heterocycles. The molecule has 7 heteroatoms. The molecule has 2 aromatic heterocycles. The third-order valence-electron chi connectivity index (χ3n) is 3.77. The number of nitrogens with zero attached hydrogens (tertiary/aromatic N) is 4. The quantitative estimate of drug-likeness (QED) is 0.750. The van der Waals surface area contributed by atoms with Crippen LogP contribution in [0.4, 0.5) is 4.79 Å². The summed E-state index contributed by atoms with van der Waals surface area (Å²) in [6.07, 6.45) is 5.31. The van der Waals surface area contributed by atoms with Crippen LogP contribution in [0.3, 0.4) is 0 Å². The van der Waals surface area contributed by atoms with E-state index in [4.69, 9.17) is 0 Å². The summed E-state index contributed by atoms with van der Waals surface area (Å²) in [4.78, 5) is 20.3. The van der Waals surface area contributed by atoms with Gasteiger partial charge in [-0.3, -0.25) is 0 Å². The van der Waals surface area contributed by atoms with Crippen molar-refractivity contribution in [1.29, 1.82) is 0 Å². The summed E-state index contributed by atoms with van der Waals surface area (Å²) in [5.41, 5.74) is 2.77. The van der Waals surface area contributed by atoms with Gasteiger partial charge in [0.15, 0.2) is 0 Å². The molecule has 0 aliphatic rings. The van der Waals surface area contributed by atoms with Crippen LogP contribution in [0.5, 0.6) is 0 Å². The van der Waals surface area contributed by atoms with Gasteiger partial charge in [-0.05, 0) is 43.7 Å². The highest BCUT2D eigenvalue weighted by Gasteiger charge is 2.10. The molecule has 0 bridgehead atoms. The number of carbonyl (C=O) groups excluding carboxylic acids is 1. The van der Waals surface area contributed by atoms with E-state index >= 15 is 0 Å². The molecule has 0 saturated heterocycles. The fourth-order valence-corrected chi connectivity index (χ4v) is 2.44. The predicted molar refractivity (Wildman–Crippen MR) is 94.1 cm³/mol. The van der Waals surface area contributed by atoms with E-state index < -0.39 is 0 Å². The normalized spacial score (nSPS) is 11.8. The van der Waals surface area contributed by atoms with Gasteiger partial charge >= 0.3 is 6.03 Å². The van der Waals surface area contributed by atoms with E-state index in [0.717, 1.165) is 16.9 Å². The third-order valence-corrected chi connectivity index (χ3v) is 3.77. The molecule has 2 N–H and O–H groups in total. The van der Waals surface area contributed by atoms with Crippen molar-refractivity contribution in [2.24, 2.45) is 0 Å². The smallest absolute Gasteiger partial charge is 0.315 e. The van der Waals surface area contributed by atoms with Crippen molar-refractivity contribution in [1.82, 2.24) is 30.4 Å². The van der Waals surface area contributed by atoms with Crippen LogP contribution >= 0.6 is 0 Å². The highest BCUT2D eigenvalue weighted by atomic mass is 16.2. The average molecular weight is 336 g/mol. The Morgan fingerprint density at radius 3 is 2.68 bits per heavy atom. The SMILES string of the molecule is Cc1nccc(CNC(=O)N[C@H](C)c2ccc(-n3cccn3)cc2)n1. The minimum absolute atomic E-state index is 0.112. The summed E-state index contributed by atoms with van der Waals surface area (Å²) in [6, 6.07) is 11.2. The Morgan fingerprint density at radius 1 is 1.20 bits per heavy atom. The van der Waals surface area contributed by atoms with E-state index in [-0.39, 0.29) is 12.1 Å². The van der Waals surface area contributed by atoms with Crippen LogP contribution in [0, 0.1) is 6.92 Å². The fraction of sp³-hybridized carbons (Fsp3) is 0.222. The van der Waals surface area contributed by atoms with Gasteiger partial charge in [-0.15, -0.1) is 0 Å². The number of hydrogen-bond donors (Lipinski definition) is 2. The minimum atomic E-state index is -0.236. The molecule has 25 heavy (non-hydrogen) atoms. The molecule has 0 radical (unpaired) electrons. The lowest BCUT2D eigenvalue weighted by atomic mass is 10.1. The molecule has 1 atom stereocenters. The standard InChI is InChI=1S/C18H20N6O/c1-13(15-4-6-17(7-5-15)24-11-3-9-21-24)22-18(25)20-12-16-8-10-19-14(2)23-16/h3-11,13H,12H2,1-2H3,(H2,20,22,25)/t13-/m1/s1. The molecule has 0 aliphatic carbocycles. The maximum atomic E-state index is 12.1. The molecular formula is C18H20N6O. The molecule has 0 unspecified atom stereocenters. The van der Waals surface area contributed by atoms with Crippen molar-refractivity contribution < 1.29 is 4.79 Å². The molecule has 0 fully saturated rings. The number of nitrogens with one attached hydrogen (secondary N) is 2. The van der Waals surface area contributed by atoms with Crippen molar-refractivity contribution in [3.63, 3.8) is 0 Å². The molecule has 0 aliphatic heterocycles. The summed E-state index contributed by atoms with van der Waals surface area (Å²) in [5, 5.41) is 9.92. The maximum absolute atomic E-state index is 12.1. The van der Waals surface area contributed by atoms with Crippen molar-refractivity contribution in [2.75, 3.05) is 0 Å². The van der Waals surface area contributed by atoms with Gasteiger partial charge in [-0.25, -0.2) is 19.4 Å². The second-order valence-electron chi connectivity index (χ2n) is 5.69. The van der Waals surface area contributed by atoms with Crippen molar-refractivity contribution in [3.05, 3.63) is 72.1 Å². The maximum Gasteiger partial charge on any atom is 0.315 e. The Hall–Kier alpha value is -3.22. The average Bonchev–Trinajstić information content (AvgIpc) is 3.15. The summed E-state index contributed by atoms with van der Waals surface area (Å²) < 4.78 is 1.79. The Morgan fingerprint density at radius 2 is 2.00 bits per heavy atom. The van der Waals surface area contributed by atoms with Crippen LogP contribution in [0.2, 0.25) is 0 Å². The largest absolute Gasteiger partial charge is 0.332 e. The van der Waals surface area contributed by atoms with Gasteiger partial charge in [-0.2, -0.15) is 5.10 Å². The van der Waals surface area contributed by atoms with Crippen molar-refractivity contribution in [2.45, 2.75) is 26.4 Å².